The van der Waals surface area contributed by atoms with E-state index in [2.05, 4.69) is 61.5 Å². The molecule has 2 heteroatoms. The lowest BCUT2D eigenvalue weighted by Crippen LogP contribution is -2.17. The van der Waals surface area contributed by atoms with Gasteiger partial charge >= 0.3 is 0 Å². The number of aryl methyl sites for hydroxylation is 2. The Morgan fingerprint density at radius 3 is 1.42 bits per heavy atom. The molecule has 0 spiro atoms. The summed E-state index contributed by atoms with van der Waals surface area (Å²) >= 11 is 0. The van der Waals surface area contributed by atoms with Crippen LogP contribution in [0.5, 0.6) is 17.2 Å². The Kier molecular flexibility index (Phi) is 4.72. The number of ether oxygens (including phenoxy) is 1. The minimum atomic E-state index is -0.161. The van der Waals surface area contributed by atoms with Crippen LogP contribution in [0.15, 0.2) is 30.3 Å². The second-order valence-corrected chi connectivity index (χ2v) is 8.79. The zero-order valence-corrected chi connectivity index (χ0v) is 16.2. The predicted molar refractivity (Wildman–Crippen MR) is 101 cm³/mol. The maximum absolute atomic E-state index is 10.8. The molecule has 1 N–H and O–H groups in total. The monoisotopic (exact) mass is 326 g/mol. The number of phenols is 1. The van der Waals surface area contributed by atoms with Gasteiger partial charge in [-0.05, 0) is 60.1 Å². The van der Waals surface area contributed by atoms with Crippen molar-refractivity contribution in [3.63, 3.8) is 0 Å². The average Bonchev–Trinajstić information content (AvgIpc) is 2.36. The summed E-state index contributed by atoms with van der Waals surface area (Å²) in [5.41, 5.74) is 3.85. The lowest BCUT2D eigenvalue weighted by atomic mass is 9.79. The molecule has 0 amide bonds. The molecule has 0 saturated carbocycles. The van der Waals surface area contributed by atoms with Crippen LogP contribution >= 0.6 is 0 Å². The Hall–Kier alpha value is -1.96. The first-order valence-corrected chi connectivity index (χ1v) is 8.52. The maximum Gasteiger partial charge on any atom is 0.128 e. The van der Waals surface area contributed by atoms with Crippen molar-refractivity contribution < 1.29 is 9.84 Å². The van der Waals surface area contributed by atoms with Crippen molar-refractivity contribution >= 4 is 0 Å². The van der Waals surface area contributed by atoms with Crippen molar-refractivity contribution in [1.29, 1.82) is 0 Å². The zero-order chi connectivity index (χ0) is 18.3. The van der Waals surface area contributed by atoms with E-state index in [1.807, 2.05) is 24.3 Å². The lowest BCUT2D eigenvalue weighted by molar-refractivity contribution is 0.415. The molecule has 2 aromatic rings. The number of phenolic OH excluding ortho intramolecular Hbond substituents is 1. The topological polar surface area (TPSA) is 29.5 Å². The normalized spacial score (nSPS) is 12.3. The van der Waals surface area contributed by atoms with Gasteiger partial charge in [0.05, 0.1) is 0 Å². The van der Waals surface area contributed by atoms with Gasteiger partial charge in [-0.3, -0.25) is 0 Å². The molecular weight excluding hydrogens is 296 g/mol. The Labute approximate surface area is 146 Å². The molecule has 2 nitrogen and oxygen atoms in total. The van der Waals surface area contributed by atoms with E-state index in [-0.39, 0.29) is 10.8 Å². The van der Waals surface area contributed by atoms with Gasteiger partial charge in [0.15, 0.2) is 0 Å². The van der Waals surface area contributed by atoms with E-state index in [1.165, 1.54) is 11.1 Å². The zero-order valence-electron chi connectivity index (χ0n) is 16.2. The molecule has 0 atom stereocenters. The summed E-state index contributed by atoms with van der Waals surface area (Å²) < 4.78 is 6.16. The van der Waals surface area contributed by atoms with Gasteiger partial charge in [0.25, 0.3) is 0 Å². The molecule has 0 saturated heterocycles. The van der Waals surface area contributed by atoms with Crippen molar-refractivity contribution in [2.24, 2.45) is 0 Å². The van der Waals surface area contributed by atoms with Gasteiger partial charge in [0.2, 0.25) is 0 Å². The summed E-state index contributed by atoms with van der Waals surface area (Å²) in [7, 11) is 0. The summed E-state index contributed by atoms with van der Waals surface area (Å²) in [6.07, 6.45) is 0. The maximum atomic E-state index is 10.8. The lowest BCUT2D eigenvalue weighted by Gasteiger charge is -2.28. The second-order valence-electron chi connectivity index (χ2n) is 8.79. The summed E-state index contributed by atoms with van der Waals surface area (Å²) in [6, 6.07) is 10.1. The highest BCUT2D eigenvalue weighted by molar-refractivity contribution is 5.53. The van der Waals surface area contributed by atoms with Crippen molar-refractivity contribution in [2.75, 3.05) is 0 Å². The van der Waals surface area contributed by atoms with Crippen LogP contribution in [-0.4, -0.2) is 5.11 Å². The third-order valence-corrected chi connectivity index (χ3v) is 4.13. The molecule has 0 fully saturated rings. The van der Waals surface area contributed by atoms with Gasteiger partial charge in [0.1, 0.15) is 17.2 Å². The highest BCUT2D eigenvalue weighted by atomic mass is 16.5. The fourth-order valence-corrected chi connectivity index (χ4v) is 2.94. The van der Waals surface area contributed by atoms with Crippen molar-refractivity contribution in [1.82, 2.24) is 0 Å². The SMILES string of the molecule is Cc1cc(C)cc(Oc2cc(C(C)(C)C)c(O)c(C(C)(C)C)c2)c1. The molecular formula is C22H30O2. The molecule has 2 rings (SSSR count). The predicted octanol–water partition coefficient (Wildman–Crippen LogP) is 6.40. The highest BCUT2D eigenvalue weighted by Crippen LogP contribution is 2.42. The molecule has 2 aromatic carbocycles. The molecule has 0 aliphatic carbocycles. The molecule has 0 bridgehead atoms. The minimum absolute atomic E-state index is 0.161. The summed E-state index contributed by atoms with van der Waals surface area (Å²) in [5.74, 6) is 1.98. The highest BCUT2D eigenvalue weighted by Gasteiger charge is 2.27. The summed E-state index contributed by atoms with van der Waals surface area (Å²) in [4.78, 5) is 0. The van der Waals surface area contributed by atoms with E-state index >= 15 is 0 Å². The first kappa shape index (κ1) is 18.4. The van der Waals surface area contributed by atoms with Crippen molar-refractivity contribution in [2.45, 2.75) is 66.2 Å². The third kappa shape index (κ3) is 4.11. The number of benzene rings is 2. The molecule has 130 valence electrons. The Morgan fingerprint density at radius 2 is 1.04 bits per heavy atom. The largest absolute Gasteiger partial charge is 0.507 e. The smallest absolute Gasteiger partial charge is 0.128 e. The van der Waals surface area contributed by atoms with E-state index in [4.69, 9.17) is 4.74 Å². The molecule has 0 aliphatic rings. The van der Waals surface area contributed by atoms with Crippen LogP contribution in [0.3, 0.4) is 0 Å². The Morgan fingerprint density at radius 1 is 0.667 bits per heavy atom. The fourth-order valence-electron chi connectivity index (χ4n) is 2.94. The Bertz CT molecular complexity index is 688. The van der Waals surface area contributed by atoms with Crippen molar-refractivity contribution in [3.05, 3.63) is 52.6 Å². The molecule has 24 heavy (non-hydrogen) atoms. The average molecular weight is 326 g/mol. The molecule has 0 heterocycles. The number of rotatable bonds is 2. The van der Waals surface area contributed by atoms with Gasteiger partial charge in [-0.15, -0.1) is 0 Å². The summed E-state index contributed by atoms with van der Waals surface area (Å²) in [6.45, 7) is 16.8. The molecule has 0 aromatic heterocycles. The summed E-state index contributed by atoms with van der Waals surface area (Å²) in [5, 5.41) is 10.8. The first-order valence-electron chi connectivity index (χ1n) is 8.52. The van der Waals surface area contributed by atoms with E-state index in [1.54, 1.807) is 0 Å². The first-order chi connectivity index (χ1) is 10.9. The van der Waals surface area contributed by atoms with Crippen LogP contribution in [0.1, 0.15) is 63.8 Å². The second kappa shape index (κ2) is 6.16. The van der Waals surface area contributed by atoms with Crippen molar-refractivity contribution in [3.8, 4) is 17.2 Å². The van der Waals surface area contributed by atoms with E-state index in [0.717, 1.165) is 22.6 Å². The van der Waals surface area contributed by atoms with Gasteiger partial charge in [-0.2, -0.15) is 0 Å². The van der Waals surface area contributed by atoms with Crippen LogP contribution in [0.4, 0.5) is 0 Å². The standard InChI is InChI=1S/C22H30O2/c1-14-9-15(2)11-16(10-14)24-17-12-18(21(3,4)5)20(23)19(13-17)22(6,7)8/h9-13,23H,1-8H3. The molecule has 0 unspecified atom stereocenters. The number of hydrogen-bond acceptors (Lipinski definition) is 2. The van der Waals surface area contributed by atoms with Crippen LogP contribution < -0.4 is 4.74 Å². The Balaban J connectivity index is 2.58. The quantitative estimate of drug-likeness (QED) is 0.692. The van der Waals surface area contributed by atoms with Gasteiger partial charge < -0.3 is 9.84 Å². The van der Waals surface area contributed by atoms with E-state index < -0.39 is 0 Å². The van der Waals surface area contributed by atoms with Crippen LogP contribution in [0.25, 0.3) is 0 Å². The molecule has 0 radical (unpaired) electrons. The van der Waals surface area contributed by atoms with E-state index in [0.29, 0.717) is 5.75 Å². The van der Waals surface area contributed by atoms with Crippen LogP contribution in [0.2, 0.25) is 0 Å². The van der Waals surface area contributed by atoms with Crippen LogP contribution in [-0.2, 0) is 10.8 Å². The number of hydrogen-bond donors (Lipinski definition) is 1. The van der Waals surface area contributed by atoms with Gasteiger partial charge in [-0.1, -0.05) is 47.6 Å². The molecule has 0 aliphatic heterocycles. The van der Waals surface area contributed by atoms with Gasteiger partial charge in [0, 0.05) is 11.1 Å². The fraction of sp³-hybridized carbons (Fsp3) is 0.455. The van der Waals surface area contributed by atoms with E-state index in [9.17, 15) is 5.11 Å². The minimum Gasteiger partial charge on any atom is -0.507 e. The number of aromatic hydroxyl groups is 1. The van der Waals surface area contributed by atoms with Gasteiger partial charge in [-0.25, -0.2) is 0 Å². The van der Waals surface area contributed by atoms with Crippen LogP contribution in [0, 0.1) is 13.8 Å². The third-order valence-electron chi connectivity index (χ3n) is 4.13.